The van der Waals surface area contributed by atoms with E-state index in [2.05, 4.69) is 21.2 Å². The number of benzene rings is 1. The van der Waals surface area contributed by atoms with Crippen LogP contribution in [-0.2, 0) is 10.0 Å². The number of nitrogens with zero attached hydrogens (tertiary/aromatic N) is 1. The van der Waals surface area contributed by atoms with Gasteiger partial charge in [0.1, 0.15) is 0 Å². The van der Waals surface area contributed by atoms with Crippen molar-refractivity contribution >= 4 is 26.0 Å². The Morgan fingerprint density at radius 2 is 1.95 bits per heavy atom. The summed E-state index contributed by atoms with van der Waals surface area (Å²) in [6.45, 7) is 3.24. The molecule has 0 spiro atoms. The largest absolute Gasteiger partial charge is 0.316 e. The van der Waals surface area contributed by atoms with Gasteiger partial charge in [0, 0.05) is 17.6 Å². The molecular weight excluding hydrogens is 328 g/mol. The Bertz CT molecular complexity index is 576. The number of hydrogen-bond acceptors (Lipinski definition) is 3. The zero-order chi connectivity index (χ0) is 13.5. The SMILES string of the molecule is O=S(=O)(c1ccccc1Br)N1CCC2CNCC2C1. The fourth-order valence-electron chi connectivity index (χ4n) is 3.01. The maximum atomic E-state index is 12.7. The standard InChI is InChI=1S/C13H17BrN2O2S/c14-12-3-1-2-4-13(12)19(17,18)16-6-5-10-7-15-8-11(10)9-16/h1-4,10-11,15H,5-9H2. The molecule has 0 amide bonds. The molecule has 2 saturated heterocycles. The third-order valence-corrected chi connectivity index (χ3v) is 7.00. The lowest BCUT2D eigenvalue weighted by molar-refractivity contribution is 0.228. The van der Waals surface area contributed by atoms with E-state index in [1.54, 1.807) is 22.5 Å². The van der Waals surface area contributed by atoms with E-state index in [1.165, 1.54) is 0 Å². The predicted molar refractivity (Wildman–Crippen MR) is 77.4 cm³/mol. The maximum Gasteiger partial charge on any atom is 0.244 e. The van der Waals surface area contributed by atoms with Crippen molar-refractivity contribution in [1.29, 1.82) is 0 Å². The van der Waals surface area contributed by atoms with Gasteiger partial charge < -0.3 is 5.32 Å². The normalized spacial score (nSPS) is 28.3. The van der Waals surface area contributed by atoms with Gasteiger partial charge in [-0.3, -0.25) is 0 Å². The van der Waals surface area contributed by atoms with Gasteiger partial charge in [-0.05, 0) is 59.4 Å². The monoisotopic (exact) mass is 344 g/mol. The molecule has 19 heavy (non-hydrogen) atoms. The Labute approximate surface area is 122 Å². The molecule has 2 heterocycles. The second kappa shape index (κ2) is 5.16. The molecule has 1 N–H and O–H groups in total. The summed E-state index contributed by atoms with van der Waals surface area (Å²) >= 11 is 3.34. The van der Waals surface area contributed by atoms with Crippen LogP contribution in [0.2, 0.25) is 0 Å². The van der Waals surface area contributed by atoms with Gasteiger partial charge in [0.15, 0.2) is 0 Å². The average molecular weight is 345 g/mol. The van der Waals surface area contributed by atoms with E-state index in [1.807, 2.05) is 6.07 Å². The number of rotatable bonds is 2. The molecule has 6 heteroatoms. The van der Waals surface area contributed by atoms with Gasteiger partial charge in [0.05, 0.1) is 4.90 Å². The third-order valence-electron chi connectivity index (χ3n) is 4.12. The molecule has 2 atom stereocenters. The topological polar surface area (TPSA) is 49.4 Å². The lowest BCUT2D eigenvalue weighted by atomic mass is 9.90. The summed E-state index contributed by atoms with van der Waals surface area (Å²) < 4.78 is 27.6. The highest BCUT2D eigenvalue weighted by molar-refractivity contribution is 9.10. The molecule has 0 aromatic heterocycles. The minimum absolute atomic E-state index is 0.374. The van der Waals surface area contributed by atoms with E-state index in [4.69, 9.17) is 0 Å². The Morgan fingerprint density at radius 3 is 2.74 bits per heavy atom. The van der Waals surface area contributed by atoms with Crippen LogP contribution in [0.15, 0.2) is 33.6 Å². The number of piperidine rings is 1. The number of halogens is 1. The number of hydrogen-bond donors (Lipinski definition) is 1. The highest BCUT2D eigenvalue weighted by Gasteiger charge is 2.38. The van der Waals surface area contributed by atoms with Gasteiger partial charge >= 0.3 is 0 Å². The summed E-state index contributed by atoms with van der Waals surface area (Å²) in [6, 6.07) is 7.03. The number of fused-ring (bicyclic) bond motifs is 1. The number of sulfonamides is 1. The first kappa shape index (κ1) is 13.5. The predicted octanol–water partition coefficient (Wildman–Crippen LogP) is 1.68. The summed E-state index contributed by atoms with van der Waals surface area (Å²) in [7, 11) is -3.37. The lowest BCUT2D eigenvalue weighted by Crippen LogP contribution is -2.43. The van der Waals surface area contributed by atoms with Gasteiger partial charge in [0.2, 0.25) is 10.0 Å². The molecule has 2 aliphatic rings. The Balaban J connectivity index is 1.87. The summed E-state index contributed by atoms with van der Waals surface area (Å²) in [6.07, 6.45) is 0.960. The van der Waals surface area contributed by atoms with Crippen LogP contribution >= 0.6 is 15.9 Å². The molecule has 2 aliphatic heterocycles. The molecule has 1 aromatic rings. The molecule has 0 saturated carbocycles. The molecule has 2 unspecified atom stereocenters. The Morgan fingerprint density at radius 1 is 1.21 bits per heavy atom. The average Bonchev–Trinajstić information content (AvgIpc) is 2.86. The lowest BCUT2D eigenvalue weighted by Gasteiger charge is -2.33. The van der Waals surface area contributed by atoms with Gasteiger partial charge in [-0.15, -0.1) is 0 Å². The summed E-state index contributed by atoms with van der Waals surface area (Å²) in [4.78, 5) is 0.374. The Kier molecular flexibility index (Phi) is 3.68. The molecule has 0 bridgehead atoms. The fourth-order valence-corrected chi connectivity index (χ4v) is 5.49. The van der Waals surface area contributed by atoms with Crippen molar-refractivity contribution < 1.29 is 8.42 Å². The van der Waals surface area contributed by atoms with Gasteiger partial charge in [-0.1, -0.05) is 12.1 Å². The van der Waals surface area contributed by atoms with Crippen molar-refractivity contribution in [2.75, 3.05) is 26.2 Å². The van der Waals surface area contributed by atoms with E-state index in [9.17, 15) is 8.42 Å². The minimum atomic E-state index is -3.37. The quantitative estimate of drug-likeness (QED) is 0.887. The molecule has 3 rings (SSSR count). The van der Waals surface area contributed by atoms with Crippen LogP contribution in [0.5, 0.6) is 0 Å². The molecule has 104 valence electrons. The molecule has 0 aliphatic carbocycles. The number of nitrogens with one attached hydrogen (secondary N) is 1. The zero-order valence-corrected chi connectivity index (χ0v) is 13.0. The van der Waals surface area contributed by atoms with Crippen LogP contribution in [0.25, 0.3) is 0 Å². The molecular formula is C13H17BrN2O2S. The first-order valence-electron chi connectivity index (χ1n) is 6.54. The Hall–Kier alpha value is -0.430. The van der Waals surface area contributed by atoms with Crippen molar-refractivity contribution in [3.8, 4) is 0 Å². The second-order valence-electron chi connectivity index (χ2n) is 5.26. The maximum absolute atomic E-state index is 12.7. The second-order valence-corrected chi connectivity index (χ2v) is 8.02. The molecule has 2 fully saturated rings. The summed E-state index contributed by atoms with van der Waals surface area (Å²) in [5.74, 6) is 1.11. The molecule has 4 nitrogen and oxygen atoms in total. The van der Waals surface area contributed by atoms with Gasteiger partial charge in [0.25, 0.3) is 0 Å². The van der Waals surface area contributed by atoms with Crippen molar-refractivity contribution in [2.24, 2.45) is 11.8 Å². The van der Waals surface area contributed by atoms with Crippen LogP contribution in [-0.4, -0.2) is 38.9 Å². The zero-order valence-electron chi connectivity index (χ0n) is 10.5. The van der Waals surface area contributed by atoms with Crippen molar-refractivity contribution in [1.82, 2.24) is 9.62 Å². The minimum Gasteiger partial charge on any atom is -0.316 e. The summed E-state index contributed by atoms with van der Waals surface area (Å²) in [5, 5.41) is 3.36. The molecule has 1 aromatic carbocycles. The smallest absolute Gasteiger partial charge is 0.244 e. The first-order valence-corrected chi connectivity index (χ1v) is 8.78. The van der Waals surface area contributed by atoms with Crippen molar-refractivity contribution in [3.05, 3.63) is 28.7 Å². The summed E-state index contributed by atoms with van der Waals surface area (Å²) in [5.41, 5.74) is 0. The van der Waals surface area contributed by atoms with E-state index < -0.39 is 10.0 Å². The van der Waals surface area contributed by atoms with Crippen LogP contribution in [0.4, 0.5) is 0 Å². The van der Waals surface area contributed by atoms with E-state index in [0.29, 0.717) is 34.3 Å². The van der Waals surface area contributed by atoms with Crippen LogP contribution in [0.3, 0.4) is 0 Å². The van der Waals surface area contributed by atoms with Gasteiger partial charge in [-0.2, -0.15) is 4.31 Å². The first-order chi connectivity index (χ1) is 9.09. The highest BCUT2D eigenvalue weighted by atomic mass is 79.9. The van der Waals surface area contributed by atoms with Crippen LogP contribution < -0.4 is 5.32 Å². The molecule has 0 radical (unpaired) electrons. The third kappa shape index (κ3) is 2.46. The van der Waals surface area contributed by atoms with E-state index >= 15 is 0 Å². The van der Waals surface area contributed by atoms with E-state index in [-0.39, 0.29) is 0 Å². The van der Waals surface area contributed by atoms with Crippen LogP contribution in [0.1, 0.15) is 6.42 Å². The highest BCUT2D eigenvalue weighted by Crippen LogP contribution is 2.32. The van der Waals surface area contributed by atoms with E-state index in [0.717, 1.165) is 19.5 Å². The van der Waals surface area contributed by atoms with Crippen molar-refractivity contribution in [2.45, 2.75) is 11.3 Å². The van der Waals surface area contributed by atoms with Crippen LogP contribution in [0, 0.1) is 11.8 Å². The van der Waals surface area contributed by atoms with Crippen molar-refractivity contribution in [3.63, 3.8) is 0 Å². The fraction of sp³-hybridized carbons (Fsp3) is 0.538. The van der Waals surface area contributed by atoms with Gasteiger partial charge in [-0.25, -0.2) is 8.42 Å².